The molecule has 0 aromatic rings. The normalized spacial score (nSPS) is 19.4. The van der Waals surface area contributed by atoms with E-state index in [0.717, 1.165) is 19.3 Å². The van der Waals surface area contributed by atoms with Crippen LogP contribution < -0.4 is 17.2 Å². The average molecular weight is 271 g/mol. The number of esters is 1. The third kappa shape index (κ3) is 4.20. The molecule has 0 saturated heterocycles. The molecule has 0 radical (unpaired) electrons. The van der Waals surface area contributed by atoms with Crippen LogP contribution in [0.15, 0.2) is 0 Å². The molecule has 0 aliphatic heterocycles. The molecule has 1 aliphatic carbocycles. The first kappa shape index (κ1) is 15.4. The van der Waals surface area contributed by atoms with Crippen LogP contribution in [0, 0.1) is 0 Å². The summed E-state index contributed by atoms with van der Waals surface area (Å²) in [5.74, 6) is -1.88. The molecule has 0 heterocycles. The van der Waals surface area contributed by atoms with Gasteiger partial charge in [0.05, 0.1) is 0 Å². The highest BCUT2D eigenvalue weighted by atomic mass is 16.6. The maximum absolute atomic E-state index is 11.8. The first-order valence-corrected chi connectivity index (χ1v) is 6.44. The molecule has 1 atom stereocenters. The van der Waals surface area contributed by atoms with Crippen molar-refractivity contribution in [3.05, 3.63) is 0 Å². The van der Waals surface area contributed by atoms with Crippen LogP contribution in [0.25, 0.3) is 0 Å². The Morgan fingerprint density at radius 1 is 1.11 bits per heavy atom. The summed E-state index contributed by atoms with van der Waals surface area (Å²) < 4.78 is 5.24. The number of rotatable bonds is 6. The van der Waals surface area contributed by atoms with Crippen LogP contribution in [0.3, 0.4) is 0 Å². The zero-order chi connectivity index (χ0) is 14.5. The molecule has 108 valence electrons. The molecule has 0 unspecified atom stereocenters. The zero-order valence-electron chi connectivity index (χ0n) is 10.9. The Morgan fingerprint density at radius 2 is 1.68 bits per heavy atom. The second-order valence-corrected chi connectivity index (χ2v) is 4.95. The summed E-state index contributed by atoms with van der Waals surface area (Å²) in [5, 5.41) is 0. The molecule has 0 spiro atoms. The Morgan fingerprint density at radius 3 is 2.16 bits per heavy atom. The van der Waals surface area contributed by atoms with Gasteiger partial charge in [-0.05, 0) is 32.1 Å². The number of nitrogens with two attached hydrogens (primary N) is 3. The monoisotopic (exact) mass is 271 g/mol. The van der Waals surface area contributed by atoms with Crippen LogP contribution in [-0.4, -0.2) is 29.4 Å². The average Bonchev–Trinajstić information content (AvgIpc) is 2.36. The molecular formula is C12H21N3O4. The van der Waals surface area contributed by atoms with E-state index in [1.54, 1.807) is 0 Å². The summed E-state index contributed by atoms with van der Waals surface area (Å²) in [6.07, 6.45) is 3.51. The van der Waals surface area contributed by atoms with Gasteiger partial charge in [-0.1, -0.05) is 6.42 Å². The van der Waals surface area contributed by atoms with Crippen molar-refractivity contribution in [3.63, 3.8) is 0 Å². The number of carbonyl (C=O) groups excluding carboxylic acids is 3. The molecule has 2 amide bonds. The molecule has 6 N–H and O–H groups in total. The lowest BCUT2D eigenvalue weighted by molar-refractivity contribution is -0.172. The van der Waals surface area contributed by atoms with E-state index in [4.69, 9.17) is 21.9 Å². The lowest BCUT2D eigenvalue weighted by atomic mass is 9.84. The Labute approximate surface area is 111 Å². The molecule has 1 aliphatic rings. The highest BCUT2D eigenvalue weighted by Crippen LogP contribution is 2.31. The van der Waals surface area contributed by atoms with Crippen molar-refractivity contribution in [1.82, 2.24) is 0 Å². The minimum absolute atomic E-state index is 0.000161. The Kier molecular flexibility index (Phi) is 5.29. The van der Waals surface area contributed by atoms with Crippen molar-refractivity contribution < 1.29 is 19.1 Å². The first-order chi connectivity index (χ1) is 8.87. The van der Waals surface area contributed by atoms with Crippen LogP contribution in [0.5, 0.6) is 0 Å². The lowest BCUT2D eigenvalue weighted by Crippen LogP contribution is -2.51. The minimum Gasteiger partial charge on any atom is -0.448 e. The van der Waals surface area contributed by atoms with Gasteiger partial charge in [0.2, 0.25) is 5.91 Å². The maximum atomic E-state index is 11.8. The lowest BCUT2D eigenvalue weighted by Gasteiger charge is -2.34. The Hall–Kier alpha value is -1.63. The van der Waals surface area contributed by atoms with E-state index in [2.05, 4.69) is 0 Å². The van der Waals surface area contributed by atoms with Gasteiger partial charge in [0.25, 0.3) is 5.91 Å². The van der Waals surface area contributed by atoms with E-state index < -0.39 is 29.4 Å². The third-order valence-corrected chi connectivity index (χ3v) is 3.41. The molecule has 19 heavy (non-hydrogen) atoms. The van der Waals surface area contributed by atoms with E-state index in [9.17, 15) is 14.4 Å². The Bertz CT molecular complexity index is 364. The van der Waals surface area contributed by atoms with E-state index >= 15 is 0 Å². The van der Waals surface area contributed by atoms with Crippen LogP contribution in [-0.2, 0) is 19.1 Å². The molecular weight excluding hydrogens is 250 g/mol. The molecule has 7 nitrogen and oxygen atoms in total. The third-order valence-electron chi connectivity index (χ3n) is 3.41. The van der Waals surface area contributed by atoms with Gasteiger partial charge in [0.1, 0.15) is 6.04 Å². The number of amides is 2. The van der Waals surface area contributed by atoms with Crippen molar-refractivity contribution in [3.8, 4) is 0 Å². The van der Waals surface area contributed by atoms with Crippen molar-refractivity contribution in [1.29, 1.82) is 0 Å². The largest absolute Gasteiger partial charge is 0.448 e. The first-order valence-electron chi connectivity index (χ1n) is 6.44. The molecule has 1 saturated carbocycles. The minimum atomic E-state index is -1.24. The van der Waals surface area contributed by atoms with Gasteiger partial charge < -0.3 is 21.9 Å². The highest BCUT2D eigenvalue weighted by molar-refractivity contribution is 5.88. The second kappa shape index (κ2) is 6.51. The second-order valence-electron chi connectivity index (χ2n) is 4.95. The Balaban J connectivity index is 2.61. The fraction of sp³-hybridized carbons (Fsp3) is 0.750. The number of ether oxygens (including phenoxy) is 1. The molecule has 1 rings (SSSR count). The number of hydrogen-bond acceptors (Lipinski definition) is 5. The standard InChI is InChI=1S/C12H21N3O4/c13-8(4-5-9(14)16)10(17)19-12(11(15)18)6-2-1-3-7-12/h8H,1-7,13H2,(H2,14,16)(H2,15,18)/t8-/m0/s1. The predicted octanol–water partition coefficient (Wildman–Crippen LogP) is -0.689. The summed E-state index contributed by atoms with van der Waals surface area (Å²) in [5.41, 5.74) is 14.7. The maximum Gasteiger partial charge on any atom is 0.323 e. The highest BCUT2D eigenvalue weighted by Gasteiger charge is 2.42. The van der Waals surface area contributed by atoms with Gasteiger partial charge in [0, 0.05) is 6.42 Å². The smallest absolute Gasteiger partial charge is 0.323 e. The van der Waals surface area contributed by atoms with Crippen LogP contribution in [0.2, 0.25) is 0 Å². The zero-order valence-corrected chi connectivity index (χ0v) is 10.9. The summed E-state index contributed by atoms with van der Waals surface area (Å²) >= 11 is 0. The van der Waals surface area contributed by atoms with E-state index in [1.165, 1.54) is 0 Å². The number of carbonyl (C=O) groups is 3. The van der Waals surface area contributed by atoms with Gasteiger partial charge >= 0.3 is 5.97 Å². The topological polar surface area (TPSA) is 138 Å². The number of primary amides is 2. The van der Waals surface area contributed by atoms with Gasteiger partial charge in [0.15, 0.2) is 5.60 Å². The summed E-state index contributed by atoms with van der Waals surface area (Å²) in [6.45, 7) is 0. The SMILES string of the molecule is NC(=O)CC[C@H](N)C(=O)OC1(C(N)=O)CCCCC1. The van der Waals surface area contributed by atoms with E-state index in [0.29, 0.717) is 12.8 Å². The van der Waals surface area contributed by atoms with Crippen LogP contribution in [0.1, 0.15) is 44.9 Å². The molecule has 1 fully saturated rings. The fourth-order valence-corrected chi connectivity index (χ4v) is 2.21. The van der Waals surface area contributed by atoms with E-state index in [-0.39, 0.29) is 12.8 Å². The quantitative estimate of drug-likeness (QED) is 0.549. The van der Waals surface area contributed by atoms with E-state index in [1.807, 2.05) is 0 Å². The molecule has 7 heteroatoms. The van der Waals surface area contributed by atoms with Crippen molar-refractivity contribution >= 4 is 17.8 Å². The fourth-order valence-electron chi connectivity index (χ4n) is 2.21. The number of hydrogen-bond donors (Lipinski definition) is 3. The summed E-state index contributed by atoms with van der Waals surface area (Å²) in [4.78, 5) is 34.0. The van der Waals surface area contributed by atoms with Crippen molar-refractivity contribution in [2.75, 3.05) is 0 Å². The van der Waals surface area contributed by atoms with Gasteiger partial charge in [-0.25, -0.2) is 0 Å². The van der Waals surface area contributed by atoms with Crippen LogP contribution >= 0.6 is 0 Å². The van der Waals surface area contributed by atoms with Crippen molar-refractivity contribution in [2.24, 2.45) is 17.2 Å². The van der Waals surface area contributed by atoms with Gasteiger partial charge in [-0.3, -0.25) is 14.4 Å². The molecule has 0 aromatic heterocycles. The summed E-state index contributed by atoms with van der Waals surface area (Å²) in [7, 11) is 0. The predicted molar refractivity (Wildman–Crippen MR) is 67.5 cm³/mol. The van der Waals surface area contributed by atoms with Crippen molar-refractivity contribution in [2.45, 2.75) is 56.6 Å². The van der Waals surface area contributed by atoms with Gasteiger partial charge in [-0.2, -0.15) is 0 Å². The summed E-state index contributed by atoms with van der Waals surface area (Å²) in [6, 6.07) is -0.967. The van der Waals surface area contributed by atoms with Gasteiger partial charge in [-0.15, -0.1) is 0 Å². The molecule has 0 aromatic carbocycles. The van der Waals surface area contributed by atoms with Crippen LogP contribution in [0.4, 0.5) is 0 Å². The molecule has 0 bridgehead atoms.